The molecule has 106 valence electrons. The first kappa shape index (κ1) is 14.0. The molecule has 19 heavy (non-hydrogen) atoms. The number of nitrogen functional groups attached to an aromatic ring is 1. The first-order chi connectivity index (χ1) is 9.17. The van der Waals surface area contributed by atoms with Crippen molar-refractivity contribution < 1.29 is 14.2 Å². The van der Waals surface area contributed by atoms with Gasteiger partial charge in [-0.2, -0.15) is 0 Å². The van der Waals surface area contributed by atoms with Crippen LogP contribution in [-0.2, 0) is 20.8 Å². The molecule has 0 amide bonds. The van der Waals surface area contributed by atoms with Crippen LogP contribution >= 0.6 is 0 Å². The van der Waals surface area contributed by atoms with E-state index in [-0.39, 0.29) is 12.2 Å². The van der Waals surface area contributed by atoms with Gasteiger partial charge in [-0.05, 0) is 0 Å². The molecular weight excluding hydrogens is 248 g/mol. The molecule has 7 heteroatoms. The molecule has 2 unspecified atom stereocenters. The normalized spacial score (nSPS) is 23.0. The molecule has 1 aliphatic heterocycles. The standard InChI is InChI=1S/C12H20N4O3/c1-17-7-11-14-10(13)4-12(15-11)16-5-8(18-2)9(6-16)19-3/h4,8-9H,5-7H2,1-3H3,(H2,13,14,15). The highest BCUT2D eigenvalue weighted by Crippen LogP contribution is 2.23. The fourth-order valence-corrected chi connectivity index (χ4v) is 2.24. The molecule has 0 aliphatic carbocycles. The highest BCUT2D eigenvalue weighted by molar-refractivity contribution is 5.48. The third-order valence-electron chi connectivity index (χ3n) is 3.20. The highest BCUT2D eigenvalue weighted by Gasteiger charge is 2.33. The summed E-state index contributed by atoms with van der Waals surface area (Å²) < 4.78 is 15.9. The number of nitrogens with zero attached hydrogens (tertiary/aromatic N) is 3. The van der Waals surface area contributed by atoms with E-state index in [1.165, 1.54) is 0 Å². The van der Waals surface area contributed by atoms with Gasteiger partial charge in [0.25, 0.3) is 0 Å². The first-order valence-electron chi connectivity index (χ1n) is 6.10. The van der Waals surface area contributed by atoms with Crippen molar-refractivity contribution in [2.24, 2.45) is 0 Å². The second kappa shape index (κ2) is 6.14. The quantitative estimate of drug-likeness (QED) is 0.808. The van der Waals surface area contributed by atoms with E-state index in [2.05, 4.69) is 14.9 Å². The van der Waals surface area contributed by atoms with Crippen LogP contribution in [0.25, 0.3) is 0 Å². The summed E-state index contributed by atoms with van der Waals surface area (Å²) in [6.45, 7) is 1.78. The highest BCUT2D eigenvalue weighted by atomic mass is 16.5. The first-order valence-corrected chi connectivity index (χ1v) is 6.10. The lowest BCUT2D eigenvalue weighted by molar-refractivity contribution is -0.00461. The molecule has 0 aromatic carbocycles. The van der Waals surface area contributed by atoms with Crippen molar-refractivity contribution in [3.8, 4) is 0 Å². The Balaban J connectivity index is 2.18. The summed E-state index contributed by atoms with van der Waals surface area (Å²) in [5.41, 5.74) is 5.80. The van der Waals surface area contributed by atoms with Crippen molar-refractivity contribution in [1.29, 1.82) is 0 Å². The fourth-order valence-electron chi connectivity index (χ4n) is 2.24. The van der Waals surface area contributed by atoms with Gasteiger partial charge in [-0.15, -0.1) is 0 Å². The van der Waals surface area contributed by atoms with Gasteiger partial charge in [0.05, 0.1) is 0 Å². The Bertz CT molecular complexity index is 417. The monoisotopic (exact) mass is 268 g/mol. The average molecular weight is 268 g/mol. The Kier molecular flexibility index (Phi) is 4.52. The second-order valence-corrected chi connectivity index (χ2v) is 4.45. The maximum absolute atomic E-state index is 5.80. The molecule has 1 aromatic rings. The zero-order chi connectivity index (χ0) is 13.8. The smallest absolute Gasteiger partial charge is 0.158 e. The van der Waals surface area contributed by atoms with E-state index in [9.17, 15) is 0 Å². The van der Waals surface area contributed by atoms with Crippen LogP contribution in [0.5, 0.6) is 0 Å². The van der Waals surface area contributed by atoms with Crippen LogP contribution in [0.3, 0.4) is 0 Å². The van der Waals surface area contributed by atoms with Crippen LogP contribution in [0, 0.1) is 0 Å². The van der Waals surface area contributed by atoms with E-state index in [1.807, 2.05) is 0 Å². The molecule has 1 aliphatic rings. The van der Waals surface area contributed by atoms with Crippen LogP contribution < -0.4 is 10.6 Å². The van der Waals surface area contributed by atoms with Gasteiger partial charge in [0.15, 0.2) is 5.82 Å². The van der Waals surface area contributed by atoms with Gasteiger partial charge in [-0.3, -0.25) is 0 Å². The van der Waals surface area contributed by atoms with E-state index >= 15 is 0 Å². The second-order valence-electron chi connectivity index (χ2n) is 4.45. The van der Waals surface area contributed by atoms with E-state index in [0.29, 0.717) is 18.2 Å². The lowest BCUT2D eigenvalue weighted by Crippen LogP contribution is -2.27. The molecule has 0 spiro atoms. The molecule has 1 saturated heterocycles. The third-order valence-corrected chi connectivity index (χ3v) is 3.20. The van der Waals surface area contributed by atoms with Crippen molar-refractivity contribution in [1.82, 2.24) is 9.97 Å². The molecule has 2 atom stereocenters. The molecule has 0 bridgehead atoms. The van der Waals surface area contributed by atoms with Crippen LogP contribution in [0.1, 0.15) is 5.82 Å². The van der Waals surface area contributed by atoms with Crippen molar-refractivity contribution in [2.75, 3.05) is 45.1 Å². The zero-order valence-corrected chi connectivity index (χ0v) is 11.5. The van der Waals surface area contributed by atoms with Gasteiger partial charge >= 0.3 is 0 Å². The van der Waals surface area contributed by atoms with Gasteiger partial charge in [0, 0.05) is 40.5 Å². The van der Waals surface area contributed by atoms with Crippen LogP contribution in [0.4, 0.5) is 11.6 Å². The Morgan fingerprint density at radius 1 is 1.21 bits per heavy atom. The molecule has 2 heterocycles. The lowest BCUT2D eigenvalue weighted by Gasteiger charge is -2.17. The minimum atomic E-state index is 0.0343. The largest absolute Gasteiger partial charge is 0.384 e. The predicted molar refractivity (Wildman–Crippen MR) is 71.0 cm³/mol. The van der Waals surface area contributed by atoms with Crippen LogP contribution in [0.15, 0.2) is 6.07 Å². The van der Waals surface area contributed by atoms with Gasteiger partial charge in [0.1, 0.15) is 30.5 Å². The molecule has 2 rings (SSSR count). The average Bonchev–Trinajstić information content (AvgIpc) is 2.81. The van der Waals surface area contributed by atoms with E-state index in [4.69, 9.17) is 19.9 Å². The number of hydrogen-bond donors (Lipinski definition) is 1. The number of anilines is 2. The zero-order valence-electron chi connectivity index (χ0n) is 11.5. The van der Waals surface area contributed by atoms with Crippen molar-refractivity contribution in [3.63, 3.8) is 0 Å². The molecule has 7 nitrogen and oxygen atoms in total. The number of ether oxygens (including phenoxy) is 3. The topological polar surface area (TPSA) is 82.7 Å². The molecule has 2 N–H and O–H groups in total. The SMILES string of the molecule is COCc1nc(N)cc(N2CC(OC)C(OC)C2)n1. The Morgan fingerprint density at radius 2 is 1.84 bits per heavy atom. The van der Waals surface area contributed by atoms with Crippen molar-refractivity contribution in [2.45, 2.75) is 18.8 Å². The number of hydrogen-bond acceptors (Lipinski definition) is 7. The maximum atomic E-state index is 5.80. The minimum Gasteiger partial charge on any atom is -0.384 e. The maximum Gasteiger partial charge on any atom is 0.158 e. The van der Waals surface area contributed by atoms with Crippen molar-refractivity contribution >= 4 is 11.6 Å². The van der Waals surface area contributed by atoms with Gasteiger partial charge in [-0.25, -0.2) is 9.97 Å². The molecular formula is C12H20N4O3. The van der Waals surface area contributed by atoms with E-state index in [1.54, 1.807) is 27.4 Å². The summed E-state index contributed by atoms with van der Waals surface area (Å²) in [7, 11) is 4.97. The van der Waals surface area contributed by atoms with Gasteiger partial charge < -0.3 is 24.8 Å². The summed E-state index contributed by atoms with van der Waals surface area (Å²) in [4.78, 5) is 10.7. The van der Waals surface area contributed by atoms with E-state index in [0.717, 1.165) is 18.9 Å². The minimum absolute atomic E-state index is 0.0343. The summed E-state index contributed by atoms with van der Waals surface area (Å²) in [6.07, 6.45) is 0.0686. The Labute approximate surface area is 112 Å². The summed E-state index contributed by atoms with van der Waals surface area (Å²) in [5.74, 6) is 1.79. The number of nitrogens with two attached hydrogens (primary N) is 1. The number of aromatic nitrogens is 2. The summed E-state index contributed by atoms with van der Waals surface area (Å²) in [6, 6.07) is 1.75. The molecule has 0 saturated carbocycles. The van der Waals surface area contributed by atoms with Crippen LogP contribution in [0.2, 0.25) is 0 Å². The molecule has 1 fully saturated rings. The number of methoxy groups -OCH3 is 3. The van der Waals surface area contributed by atoms with Crippen molar-refractivity contribution in [3.05, 3.63) is 11.9 Å². The molecule has 1 aromatic heterocycles. The third kappa shape index (κ3) is 3.12. The number of rotatable bonds is 5. The Morgan fingerprint density at radius 3 is 2.37 bits per heavy atom. The predicted octanol–water partition coefficient (Wildman–Crippen LogP) is 0.0552. The Hall–Kier alpha value is -1.44. The van der Waals surface area contributed by atoms with Crippen LogP contribution in [-0.4, -0.2) is 56.6 Å². The van der Waals surface area contributed by atoms with E-state index < -0.39 is 0 Å². The van der Waals surface area contributed by atoms with Gasteiger partial charge in [-0.1, -0.05) is 0 Å². The lowest BCUT2D eigenvalue weighted by atomic mass is 10.3. The van der Waals surface area contributed by atoms with Gasteiger partial charge in [0.2, 0.25) is 0 Å². The summed E-state index contributed by atoms with van der Waals surface area (Å²) >= 11 is 0. The summed E-state index contributed by atoms with van der Waals surface area (Å²) in [5, 5.41) is 0. The fraction of sp³-hybridized carbons (Fsp3) is 0.667. The molecule has 0 radical (unpaired) electrons.